The predicted molar refractivity (Wildman–Crippen MR) is 140 cm³/mol. The average molecular weight is 487 g/mol. The van der Waals surface area contributed by atoms with Gasteiger partial charge in [-0.3, -0.25) is 9.69 Å². The molecule has 5 rings (SSSR count). The molecule has 3 aromatic rings. The van der Waals surface area contributed by atoms with Gasteiger partial charge in [0, 0.05) is 57.1 Å². The molecule has 0 radical (unpaired) electrons. The molecule has 3 aromatic carbocycles. The maximum Gasteiger partial charge on any atom is 0.324 e. The number of amides is 3. The minimum Gasteiger partial charge on any atom is -0.366 e. The van der Waals surface area contributed by atoms with Crippen LogP contribution in [0.3, 0.4) is 0 Å². The first-order chi connectivity index (χ1) is 17.5. The van der Waals surface area contributed by atoms with Crippen LogP contribution < -0.4 is 9.80 Å². The molecule has 6 nitrogen and oxygen atoms in total. The van der Waals surface area contributed by atoms with Crippen LogP contribution in [-0.4, -0.2) is 61.0 Å². The molecule has 186 valence electrons. The minimum absolute atomic E-state index is 0.0362. The van der Waals surface area contributed by atoms with Crippen molar-refractivity contribution in [1.29, 1.82) is 0 Å². The van der Waals surface area contributed by atoms with E-state index in [1.807, 2.05) is 46.2 Å². The van der Waals surface area contributed by atoms with E-state index in [4.69, 9.17) is 0 Å². The number of halogens is 1. The fraction of sp³-hybridized carbons (Fsp3) is 0.310. The first-order valence-electron chi connectivity index (χ1n) is 12.5. The van der Waals surface area contributed by atoms with Crippen LogP contribution in [0.2, 0.25) is 0 Å². The Labute approximate surface area is 211 Å². The first kappa shape index (κ1) is 23.9. The Bertz CT molecular complexity index is 1260. The molecular weight excluding hydrogens is 455 g/mol. The lowest BCUT2D eigenvalue weighted by atomic mass is 10.1. The van der Waals surface area contributed by atoms with Gasteiger partial charge in [-0.05, 0) is 49.2 Å². The number of carbonyl (C=O) groups is 2. The summed E-state index contributed by atoms with van der Waals surface area (Å²) in [6, 6.07) is 22.3. The lowest BCUT2D eigenvalue weighted by molar-refractivity contribution is 0.0746. The number of rotatable bonds is 5. The van der Waals surface area contributed by atoms with E-state index in [2.05, 4.69) is 19.1 Å². The van der Waals surface area contributed by atoms with Crippen molar-refractivity contribution in [1.82, 2.24) is 9.80 Å². The van der Waals surface area contributed by atoms with Crippen molar-refractivity contribution in [2.45, 2.75) is 19.9 Å². The summed E-state index contributed by atoms with van der Waals surface area (Å²) in [7, 11) is 0. The summed E-state index contributed by atoms with van der Waals surface area (Å²) in [4.78, 5) is 34.0. The number of aryl methyl sites for hydroxylation is 1. The first-order valence-corrected chi connectivity index (χ1v) is 12.5. The highest BCUT2D eigenvalue weighted by molar-refractivity contribution is 5.98. The highest BCUT2D eigenvalue weighted by Crippen LogP contribution is 2.25. The van der Waals surface area contributed by atoms with Gasteiger partial charge in [0.25, 0.3) is 5.91 Å². The van der Waals surface area contributed by atoms with Crippen molar-refractivity contribution in [2.24, 2.45) is 0 Å². The molecular formula is C29H31FN4O2. The van der Waals surface area contributed by atoms with Gasteiger partial charge in [-0.2, -0.15) is 0 Å². The molecule has 0 aromatic heterocycles. The van der Waals surface area contributed by atoms with E-state index in [-0.39, 0.29) is 17.8 Å². The molecule has 0 unspecified atom stereocenters. The highest BCUT2D eigenvalue weighted by Gasteiger charge is 2.28. The highest BCUT2D eigenvalue weighted by atomic mass is 19.1. The third-order valence-corrected chi connectivity index (χ3v) is 6.93. The summed E-state index contributed by atoms with van der Waals surface area (Å²) in [6.07, 6.45) is 0.869. The number of anilines is 2. The Kier molecular flexibility index (Phi) is 6.89. The summed E-state index contributed by atoms with van der Waals surface area (Å²) < 4.78 is 14.2. The van der Waals surface area contributed by atoms with Crippen LogP contribution in [0.25, 0.3) is 0 Å². The summed E-state index contributed by atoms with van der Waals surface area (Å²) >= 11 is 0. The van der Waals surface area contributed by atoms with E-state index in [0.29, 0.717) is 57.1 Å². The van der Waals surface area contributed by atoms with Crippen molar-refractivity contribution in [3.8, 4) is 0 Å². The van der Waals surface area contributed by atoms with Crippen molar-refractivity contribution < 1.29 is 14.0 Å². The summed E-state index contributed by atoms with van der Waals surface area (Å²) in [5.74, 6) is -0.307. The van der Waals surface area contributed by atoms with Gasteiger partial charge in [0.1, 0.15) is 5.82 Å². The molecule has 0 spiro atoms. The second kappa shape index (κ2) is 10.4. The van der Waals surface area contributed by atoms with Crippen LogP contribution in [0.1, 0.15) is 27.9 Å². The van der Waals surface area contributed by atoms with Crippen LogP contribution in [0.4, 0.5) is 20.6 Å². The van der Waals surface area contributed by atoms with Crippen molar-refractivity contribution >= 4 is 23.3 Å². The fourth-order valence-electron chi connectivity index (χ4n) is 5.05. The molecule has 36 heavy (non-hydrogen) atoms. The van der Waals surface area contributed by atoms with E-state index in [1.54, 1.807) is 28.0 Å². The van der Waals surface area contributed by atoms with Crippen LogP contribution in [0.15, 0.2) is 72.8 Å². The lowest BCUT2D eigenvalue weighted by Gasteiger charge is -2.37. The van der Waals surface area contributed by atoms with Crippen LogP contribution in [0, 0.1) is 12.7 Å². The zero-order chi connectivity index (χ0) is 25.1. The van der Waals surface area contributed by atoms with Crippen LogP contribution in [-0.2, 0) is 6.54 Å². The second-order valence-corrected chi connectivity index (χ2v) is 9.48. The average Bonchev–Trinajstić information content (AvgIpc) is 2.90. The van der Waals surface area contributed by atoms with Crippen molar-refractivity contribution in [2.75, 3.05) is 49.1 Å². The van der Waals surface area contributed by atoms with Gasteiger partial charge in [0.15, 0.2) is 0 Å². The molecule has 7 heteroatoms. The molecule has 0 aliphatic carbocycles. The molecule has 2 aliphatic rings. The second-order valence-electron chi connectivity index (χ2n) is 9.48. The number of piperazine rings is 1. The number of nitrogens with zero attached hydrogens (tertiary/aromatic N) is 4. The van der Waals surface area contributed by atoms with E-state index in [0.717, 1.165) is 17.7 Å². The van der Waals surface area contributed by atoms with Crippen LogP contribution in [0.5, 0.6) is 0 Å². The normalized spacial score (nSPS) is 16.4. The molecule has 3 amide bonds. The Hall–Kier alpha value is -3.87. The van der Waals surface area contributed by atoms with Crippen LogP contribution >= 0.6 is 0 Å². The molecule has 2 saturated heterocycles. The van der Waals surface area contributed by atoms with E-state index in [1.165, 1.54) is 11.6 Å². The summed E-state index contributed by atoms with van der Waals surface area (Å²) in [6.45, 7) is 6.15. The smallest absolute Gasteiger partial charge is 0.324 e. The number of para-hydroxylation sites is 1. The molecule has 0 atom stereocenters. The number of hydrogen-bond acceptors (Lipinski definition) is 3. The molecule has 0 bridgehead atoms. The third kappa shape index (κ3) is 5.05. The van der Waals surface area contributed by atoms with Gasteiger partial charge in [0.2, 0.25) is 0 Å². The Morgan fingerprint density at radius 2 is 1.64 bits per heavy atom. The number of carbonyl (C=O) groups excluding carboxylic acids is 2. The molecule has 2 heterocycles. The Balaban J connectivity index is 1.25. The fourth-order valence-corrected chi connectivity index (χ4v) is 5.05. The number of urea groups is 1. The SMILES string of the molecule is Cc1cccc(CN2CCCN(c3cccc(C(=O)N4CCN(c5ccccc5F)CC4)c3)C2=O)c1. The minimum atomic E-state index is -0.243. The topological polar surface area (TPSA) is 47.1 Å². The quantitative estimate of drug-likeness (QED) is 0.514. The zero-order valence-corrected chi connectivity index (χ0v) is 20.6. The summed E-state index contributed by atoms with van der Waals surface area (Å²) in [5, 5.41) is 0. The molecule has 2 aliphatic heterocycles. The predicted octanol–water partition coefficient (Wildman–Crippen LogP) is 4.93. The van der Waals surface area contributed by atoms with Gasteiger partial charge in [0.05, 0.1) is 5.69 Å². The Morgan fingerprint density at radius 3 is 2.42 bits per heavy atom. The van der Waals surface area contributed by atoms with E-state index < -0.39 is 0 Å². The maximum absolute atomic E-state index is 14.2. The number of benzene rings is 3. The number of hydrogen-bond donors (Lipinski definition) is 0. The van der Waals surface area contributed by atoms with E-state index in [9.17, 15) is 14.0 Å². The van der Waals surface area contributed by atoms with Crippen molar-refractivity contribution in [3.63, 3.8) is 0 Å². The third-order valence-electron chi connectivity index (χ3n) is 6.93. The molecule has 2 fully saturated rings. The van der Waals surface area contributed by atoms with E-state index >= 15 is 0 Å². The maximum atomic E-state index is 14.2. The lowest BCUT2D eigenvalue weighted by Crippen LogP contribution is -2.49. The Morgan fingerprint density at radius 1 is 0.861 bits per heavy atom. The zero-order valence-electron chi connectivity index (χ0n) is 20.6. The summed E-state index contributed by atoms with van der Waals surface area (Å²) in [5.41, 5.74) is 4.17. The molecule has 0 N–H and O–H groups in total. The van der Waals surface area contributed by atoms with Gasteiger partial charge in [-0.25, -0.2) is 9.18 Å². The van der Waals surface area contributed by atoms with Gasteiger partial charge in [-0.1, -0.05) is 48.0 Å². The standard InChI is InChI=1S/C29H31FN4O2/c1-22-7-4-8-23(19-22)21-33-13-6-14-34(29(33)36)25-10-5-9-24(20-25)28(35)32-17-15-31(16-18-32)27-12-3-2-11-26(27)30/h2-5,7-12,19-20H,6,13-18,21H2,1H3. The largest absolute Gasteiger partial charge is 0.366 e. The van der Waals surface area contributed by atoms with Gasteiger partial charge >= 0.3 is 6.03 Å². The van der Waals surface area contributed by atoms with Gasteiger partial charge in [-0.15, -0.1) is 0 Å². The van der Waals surface area contributed by atoms with Gasteiger partial charge < -0.3 is 14.7 Å². The molecule has 0 saturated carbocycles. The van der Waals surface area contributed by atoms with Crippen molar-refractivity contribution in [3.05, 3.63) is 95.3 Å². The monoisotopic (exact) mass is 486 g/mol.